The van der Waals surface area contributed by atoms with E-state index in [-0.39, 0.29) is 12.1 Å². The standard InChI is InChI=1S/C17H29N5O/c1-15(11-22-14-18-13-19-22)20-16(23)21-10-6-9-17(12-21)7-4-2-3-5-8-17/h13-15H,2-12H2,1H3,(H,20,23). The Kier molecular flexibility index (Phi) is 5.18. The van der Waals surface area contributed by atoms with Crippen LogP contribution in [0.15, 0.2) is 12.7 Å². The second-order valence-corrected chi connectivity index (χ2v) is 7.41. The molecule has 6 nitrogen and oxygen atoms in total. The Morgan fingerprint density at radius 3 is 2.65 bits per heavy atom. The lowest BCUT2D eigenvalue weighted by molar-refractivity contribution is 0.0893. The van der Waals surface area contributed by atoms with Gasteiger partial charge in [-0.2, -0.15) is 5.10 Å². The number of carbonyl (C=O) groups is 1. The minimum Gasteiger partial charge on any atom is -0.334 e. The number of hydrogen-bond acceptors (Lipinski definition) is 3. The molecule has 0 aromatic carbocycles. The summed E-state index contributed by atoms with van der Waals surface area (Å²) in [6.07, 6.45) is 13.6. The third kappa shape index (κ3) is 4.24. The lowest BCUT2D eigenvalue weighted by atomic mass is 9.74. The molecular weight excluding hydrogens is 290 g/mol. The van der Waals surface area contributed by atoms with Crippen LogP contribution in [0.3, 0.4) is 0 Å². The first-order chi connectivity index (χ1) is 11.2. The molecule has 2 heterocycles. The van der Waals surface area contributed by atoms with Gasteiger partial charge in [-0.1, -0.05) is 25.7 Å². The van der Waals surface area contributed by atoms with Crippen molar-refractivity contribution >= 4 is 6.03 Å². The van der Waals surface area contributed by atoms with Crippen LogP contribution >= 0.6 is 0 Å². The fourth-order valence-electron chi connectivity index (χ4n) is 4.22. The van der Waals surface area contributed by atoms with E-state index in [9.17, 15) is 4.79 Å². The molecule has 1 N–H and O–H groups in total. The molecular formula is C17H29N5O. The zero-order valence-electron chi connectivity index (χ0n) is 14.2. The van der Waals surface area contributed by atoms with Gasteiger partial charge < -0.3 is 10.2 Å². The van der Waals surface area contributed by atoms with Gasteiger partial charge in [0, 0.05) is 19.1 Å². The van der Waals surface area contributed by atoms with Crippen LogP contribution in [0.1, 0.15) is 58.3 Å². The summed E-state index contributed by atoms with van der Waals surface area (Å²) in [6, 6.07) is 0.136. The minimum atomic E-state index is 0.0520. The minimum absolute atomic E-state index is 0.0520. The molecule has 1 aromatic rings. The first-order valence-electron chi connectivity index (χ1n) is 9.05. The summed E-state index contributed by atoms with van der Waals surface area (Å²) in [6.45, 7) is 4.51. The Morgan fingerprint density at radius 2 is 1.96 bits per heavy atom. The number of rotatable bonds is 3. The highest BCUT2D eigenvalue weighted by molar-refractivity contribution is 5.74. The van der Waals surface area contributed by atoms with Crippen molar-refractivity contribution in [2.45, 2.75) is 70.9 Å². The molecule has 128 valence electrons. The summed E-state index contributed by atoms with van der Waals surface area (Å²) in [5.74, 6) is 0. The van der Waals surface area contributed by atoms with Gasteiger partial charge >= 0.3 is 6.03 Å². The Bertz CT molecular complexity index is 493. The number of piperidine rings is 1. The maximum Gasteiger partial charge on any atom is 0.317 e. The Balaban J connectivity index is 1.54. The number of carbonyl (C=O) groups excluding carboxylic acids is 1. The van der Waals surface area contributed by atoms with Gasteiger partial charge in [-0.3, -0.25) is 4.68 Å². The summed E-state index contributed by atoms with van der Waals surface area (Å²) in [4.78, 5) is 18.6. The second-order valence-electron chi connectivity index (χ2n) is 7.41. The molecule has 2 aliphatic rings. The predicted octanol–water partition coefficient (Wildman–Crippen LogP) is 2.81. The molecule has 1 atom stereocenters. The fraction of sp³-hybridized carbons (Fsp3) is 0.824. The summed E-state index contributed by atoms with van der Waals surface area (Å²) in [5, 5.41) is 7.22. The summed E-state index contributed by atoms with van der Waals surface area (Å²) < 4.78 is 1.76. The van der Waals surface area contributed by atoms with Gasteiger partial charge in [0.2, 0.25) is 0 Å². The van der Waals surface area contributed by atoms with Gasteiger partial charge in [-0.05, 0) is 38.0 Å². The molecule has 0 bridgehead atoms. The first kappa shape index (κ1) is 16.3. The van der Waals surface area contributed by atoms with Crippen molar-refractivity contribution in [1.82, 2.24) is 25.0 Å². The van der Waals surface area contributed by atoms with E-state index in [0.717, 1.165) is 19.5 Å². The van der Waals surface area contributed by atoms with Crippen LogP contribution < -0.4 is 5.32 Å². The summed E-state index contributed by atoms with van der Waals surface area (Å²) in [5.41, 5.74) is 0.390. The van der Waals surface area contributed by atoms with Crippen molar-refractivity contribution in [2.75, 3.05) is 13.1 Å². The van der Waals surface area contributed by atoms with Crippen LogP contribution in [-0.4, -0.2) is 44.8 Å². The maximum absolute atomic E-state index is 12.6. The van der Waals surface area contributed by atoms with Gasteiger partial charge in [0.25, 0.3) is 0 Å². The quantitative estimate of drug-likeness (QED) is 0.932. The van der Waals surface area contributed by atoms with E-state index in [2.05, 4.69) is 15.4 Å². The van der Waals surface area contributed by atoms with Gasteiger partial charge in [0.15, 0.2) is 0 Å². The van der Waals surface area contributed by atoms with E-state index in [1.807, 2.05) is 11.8 Å². The summed E-state index contributed by atoms with van der Waals surface area (Å²) >= 11 is 0. The van der Waals surface area contributed by atoms with Crippen molar-refractivity contribution in [3.63, 3.8) is 0 Å². The molecule has 2 fully saturated rings. The molecule has 1 aromatic heterocycles. The Morgan fingerprint density at radius 1 is 1.22 bits per heavy atom. The van der Waals surface area contributed by atoms with Gasteiger partial charge in [0.05, 0.1) is 6.54 Å². The predicted molar refractivity (Wildman–Crippen MR) is 89.0 cm³/mol. The van der Waals surface area contributed by atoms with Crippen molar-refractivity contribution < 1.29 is 4.79 Å². The molecule has 6 heteroatoms. The third-order valence-corrected chi connectivity index (χ3v) is 5.41. The van der Waals surface area contributed by atoms with E-state index < -0.39 is 0 Å². The number of urea groups is 1. The van der Waals surface area contributed by atoms with E-state index in [4.69, 9.17) is 0 Å². The van der Waals surface area contributed by atoms with E-state index in [1.54, 1.807) is 11.0 Å². The molecule has 0 radical (unpaired) electrons. The van der Waals surface area contributed by atoms with E-state index in [0.29, 0.717) is 12.0 Å². The van der Waals surface area contributed by atoms with Crippen molar-refractivity contribution in [2.24, 2.45) is 5.41 Å². The van der Waals surface area contributed by atoms with Gasteiger partial charge in [-0.15, -0.1) is 0 Å². The highest BCUT2D eigenvalue weighted by atomic mass is 16.2. The lowest BCUT2D eigenvalue weighted by Crippen LogP contribution is -2.52. The lowest BCUT2D eigenvalue weighted by Gasteiger charge is -2.43. The molecule has 1 saturated carbocycles. The third-order valence-electron chi connectivity index (χ3n) is 5.41. The number of amides is 2. The Labute approximate surface area is 138 Å². The van der Waals surface area contributed by atoms with Gasteiger partial charge in [0.1, 0.15) is 12.7 Å². The van der Waals surface area contributed by atoms with Crippen LogP contribution in [-0.2, 0) is 6.54 Å². The normalized spacial score (nSPS) is 22.6. The highest BCUT2D eigenvalue weighted by Gasteiger charge is 2.37. The highest BCUT2D eigenvalue weighted by Crippen LogP contribution is 2.42. The van der Waals surface area contributed by atoms with Crippen molar-refractivity contribution in [3.8, 4) is 0 Å². The molecule has 1 spiro atoms. The monoisotopic (exact) mass is 319 g/mol. The van der Waals surface area contributed by atoms with Crippen LogP contribution in [0, 0.1) is 5.41 Å². The number of likely N-dealkylation sites (tertiary alicyclic amines) is 1. The van der Waals surface area contributed by atoms with Crippen LogP contribution in [0.25, 0.3) is 0 Å². The zero-order chi connectivity index (χ0) is 16.1. The molecule has 3 rings (SSSR count). The van der Waals surface area contributed by atoms with Crippen LogP contribution in [0.2, 0.25) is 0 Å². The average Bonchev–Trinajstić information content (AvgIpc) is 2.94. The topological polar surface area (TPSA) is 63.1 Å². The number of hydrogen-bond donors (Lipinski definition) is 1. The molecule has 1 saturated heterocycles. The van der Waals surface area contributed by atoms with Crippen LogP contribution in [0.5, 0.6) is 0 Å². The molecule has 1 aliphatic carbocycles. The number of nitrogens with one attached hydrogen (secondary N) is 1. The maximum atomic E-state index is 12.6. The SMILES string of the molecule is CC(Cn1cncn1)NC(=O)N1CCCC2(CCCCCC2)C1. The summed E-state index contributed by atoms with van der Waals surface area (Å²) in [7, 11) is 0. The molecule has 23 heavy (non-hydrogen) atoms. The number of nitrogens with zero attached hydrogens (tertiary/aromatic N) is 4. The first-order valence-corrected chi connectivity index (χ1v) is 9.05. The molecule has 2 amide bonds. The molecule has 1 unspecified atom stereocenters. The van der Waals surface area contributed by atoms with Crippen molar-refractivity contribution in [3.05, 3.63) is 12.7 Å². The smallest absolute Gasteiger partial charge is 0.317 e. The van der Waals surface area contributed by atoms with Gasteiger partial charge in [-0.25, -0.2) is 9.78 Å². The van der Waals surface area contributed by atoms with Crippen LogP contribution in [0.4, 0.5) is 4.79 Å². The molecule has 1 aliphatic heterocycles. The van der Waals surface area contributed by atoms with E-state index in [1.165, 1.54) is 51.3 Å². The average molecular weight is 319 g/mol. The van der Waals surface area contributed by atoms with Crippen molar-refractivity contribution in [1.29, 1.82) is 0 Å². The fourth-order valence-corrected chi connectivity index (χ4v) is 4.22. The number of aromatic nitrogens is 3. The van der Waals surface area contributed by atoms with E-state index >= 15 is 0 Å². The Hall–Kier alpha value is -1.59. The largest absolute Gasteiger partial charge is 0.334 e. The zero-order valence-corrected chi connectivity index (χ0v) is 14.2. The second kappa shape index (κ2) is 7.32.